The van der Waals surface area contributed by atoms with Gasteiger partial charge in [-0.3, -0.25) is 4.90 Å². The molecule has 0 saturated carbocycles. The fourth-order valence-corrected chi connectivity index (χ4v) is 1.61. The van der Waals surface area contributed by atoms with Gasteiger partial charge in [0.2, 0.25) is 0 Å². The number of carbonyl (C=O) groups excluding carboxylic acids is 1. The molecule has 0 saturated heterocycles. The molecule has 0 aromatic heterocycles. The van der Waals surface area contributed by atoms with E-state index in [0.717, 1.165) is 0 Å². The Hall–Kier alpha value is -2.69. The van der Waals surface area contributed by atoms with E-state index in [1.54, 1.807) is 19.2 Å². The third-order valence-corrected chi connectivity index (χ3v) is 2.75. The number of phenolic OH excluding ortho intramolecular Hbond substituents is 1. The maximum atomic E-state index is 11.9. The van der Waals surface area contributed by atoms with Gasteiger partial charge in [-0.25, -0.2) is 4.79 Å². The molecule has 20 heavy (non-hydrogen) atoms. The molecule has 104 valence electrons. The van der Waals surface area contributed by atoms with Crippen LogP contribution in [-0.4, -0.2) is 24.9 Å². The van der Waals surface area contributed by atoms with Crippen LogP contribution in [0.15, 0.2) is 54.6 Å². The van der Waals surface area contributed by atoms with E-state index < -0.39 is 0 Å². The van der Waals surface area contributed by atoms with Crippen LogP contribution in [0.2, 0.25) is 0 Å². The summed E-state index contributed by atoms with van der Waals surface area (Å²) in [6, 6.07) is 15.3. The molecule has 0 aliphatic rings. The summed E-state index contributed by atoms with van der Waals surface area (Å²) in [7, 11) is 1.64. The first kappa shape index (κ1) is 13.7. The molecule has 0 bridgehead atoms. The second kappa shape index (κ2) is 6.47. The maximum Gasteiger partial charge on any atom is 0.324 e. The van der Waals surface area contributed by atoms with Crippen LogP contribution in [0.4, 0.5) is 10.5 Å². The molecular weight excluding hydrogens is 256 g/mol. The van der Waals surface area contributed by atoms with Crippen molar-refractivity contribution in [3.05, 3.63) is 54.6 Å². The summed E-state index contributed by atoms with van der Waals surface area (Å²) in [5.74, 6) is 0.857. The number of ether oxygens (including phenoxy) is 1. The van der Waals surface area contributed by atoms with E-state index in [-0.39, 0.29) is 18.5 Å². The highest BCUT2D eigenvalue weighted by Gasteiger charge is 2.09. The Bertz CT molecular complexity index is 555. The third kappa shape index (κ3) is 3.65. The molecule has 0 aliphatic heterocycles. The van der Waals surface area contributed by atoms with Gasteiger partial charge < -0.3 is 15.2 Å². The Labute approximate surface area is 117 Å². The summed E-state index contributed by atoms with van der Waals surface area (Å²) in [6.07, 6.45) is 0. The van der Waals surface area contributed by atoms with Gasteiger partial charge in [0.1, 0.15) is 11.5 Å². The standard InChI is InChI=1S/C15H16N2O3/c1-17(12-7-9-13(18)10-8-12)15(19)16-11-20-14-5-3-2-4-6-14/h2-10,18H,11H2,1H3,(H,16,19). The van der Waals surface area contributed by atoms with E-state index in [1.807, 2.05) is 30.3 Å². The molecule has 2 amide bonds. The Morgan fingerprint density at radius 1 is 1.15 bits per heavy atom. The number of anilines is 1. The number of carbonyl (C=O) groups is 1. The lowest BCUT2D eigenvalue weighted by Gasteiger charge is -2.18. The number of para-hydroxylation sites is 1. The van der Waals surface area contributed by atoms with Crippen molar-refractivity contribution in [2.45, 2.75) is 0 Å². The van der Waals surface area contributed by atoms with E-state index in [0.29, 0.717) is 11.4 Å². The topological polar surface area (TPSA) is 61.8 Å². The molecule has 5 nitrogen and oxygen atoms in total. The van der Waals surface area contributed by atoms with Gasteiger partial charge in [-0.15, -0.1) is 0 Å². The number of benzene rings is 2. The quantitative estimate of drug-likeness (QED) is 0.841. The lowest BCUT2D eigenvalue weighted by Crippen LogP contribution is -2.39. The van der Waals surface area contributed by atoms with E-state index in [9.17, 15) is 9.90 Å². The zero-order valence-electron chi connectivity index (χ0n) is 11.1. The fraction of sp³-hybridized carbons (Fsp3) is 0.133. The monoisotopic (exact) mass is 272 g/mol. The Balaban J connectivity index is 1.84. The van der Waals surface area contributed by atoms with Crippen molar-refractivity contribution < 1.29 is 14.6 Å². The van der Waals surface area contributed by atoms with Gasteiger partial charge in [-0.1, -0.05) is 18.2 Å². The Kier molecular flexibility index (Phi) is 4.44. The molecule has 5 heteroatoms. The summed E-state index contributed by atoms with van der Waals surface area (Å²) in [6.45, 7) is 0.0886. The Morgan fingerprint density at radius 2 is 1.80 bits per heavy atom. The molecule has 2 aromatic rings. The number of nitrogens with one attached hydrogen (secondary N) is 1. The molecule has 0 radical (unpaired) electrons. The van der Waals surface area contributed by atoms with E-state index in [4.69, 9.17) is 4.74 Å². The van der Waals surface area contributed by atoms with Crippen molar-refractivity contribution in [2.24, 2.45) is 0 Å². The molecule has 2 rings (SSSR count). The van der Waals surface area contributed by atoms with E-state index in [2.05, 4.69) is 5.32 Å². The second-order valence-electron chi connectivity index (χ2n) is 4.16. The van der Waals surface area contributed by atoms with Gasteiger partial charge in [-0.05, 0) is 36.4 Å². The lowest BCUT2D eigenvalue weighted by molar-refractivity contribution is 0.230. The van der Waals surface area contributed by atoms with Gasteiger partial charge in [0, 0.05) is 12.7 Å². The molecule has 2 N–H and O–H groups in total. The number of amides is 2. The van der Waals surface area contributed by atoms with Gasteiger partial charge in [0.25, 0.3) is 0 Å². The zero-order valence-corrected chi connectivity index (χ0v) is 11.1. The minimum Gasteiger partial charge on any atom is -0.508 e. The highest BCUT2D eigenvalue weighted by molar-refractivity contribution is 5.91. The number of aromatic hydroxyl groups is 1. The number of hydrogen-bond acceptors (Lipinski definition) is 3. The fourth-order valence-electron chi connectivity index (χ4n) is 1.61. The van der Waals surface area contributed by atoms with Gasteiger partial charge in [0.05, 0.1) is 0 Å². The van der Waals surface area contributed by atoms with Crippen LogP contribution in [0.25, 0.3) is 0 Å². The van der Waals surface area contributed by atoms with Gasteiger partial charge >= 0.3 is 6.03 Å². The van der Waals surface area contributed by atoms with Crippen molar-refractivity contribution in [3.63, 3.8) is 0 Å². The molecule has 0 aliphatic carbocycles. The summed E-state index contributed by atoms with van der Waals surface area (Å²) in [5.41, 5.74) is 0.681. The number of nitrogens with zero attached hydrogens (tertiary/aromatic N) is 1. The summed E-state index contributed by atoms with van der Waals surface area (Å²) in [5, 5.41) is 11.9. The predicted octanol–water partition coefficient (Wildman–Crippen LogP) is 2.57. The zero-order chi connectivity index (χ0) is 14.4. The number of urea groups is 1. The van der Waals surface area contributed by atoms with Crippen molar-refractivity contribution in [1.29, 1.82) is 0 Å². The lowest BCUT2D eigenvalue weighted by atomic mass is 10.3. The molecule has 0 atom stereocenters. The van der Waals surface area contributed by atoms with Crippen LogP contribution in [0, 0.1) is 0 Å². The SMILES string of the molecule is CN(C(=O)NCOc1ccccc1)c1ccc(O)cc1. The molecule has 0 unspecified atom stereocenters. The number of phenols is 1. The van der Waals surface area contributed by atoms with Gasteiger partial charge in [-0.2, -0.15) is 0 Å². The molecule has 0 heterocycles. The predicted molar refractivity (Wildman–Crippen MR) is 77.0 cm³/mol. The normalized spacial score (nSPS) is 9.85. The number of hydrogen-bond donors (Lipinski definition) is 2. The largest absolute Gasteiger partial charge is 0.508 e. The second-order valence-corrected chi connectivity index (χ2v) is 4.16. The third-order valence-electron chi connectivity index (χ3n) is 2.75. The average Bonchev–Trinajstić information content (AvgIpc) is 2.48. The minimum absolute atomic E-state index is 0.0886. The van der Waals surface area contributed by atoms with Crippen molar-refractivity contribution in [3.8, 4) is 11.5 Å². The number of rotatable bonds is 4. The van der Waals surface area contributed by atoms with Crippen LogP contribution in [0.1, 0.15) is 0 Å². The summed E-state index contributed by atoms with van der Waals surface area (Å²) in [4.78, 5) is 13.3. The summed E-state index contributed by atoms with van der Waals surface area (Å²) >= 11 is 0. The van der Waals surface area contributed by atoms with Crippen LogP contribution in [-0.2, 0) is 0 Å². The van der Waals surface area contributed by atoms with Crippen LogP contribution in [0.3, 0.4) is 0 Å². The average molecular weight is 272 g/mol. The van der Waals surface area contributed by atoms with Crippen LogP contribution >= 0.6 is 0 Å². The smallest absolute Gasteiger partial charge is 0.324 e. The van der Waals surface area contributed by atoms with Crippen molar-refractivity contribution >= 4 is 11.7 Å². The highest BCUT2D eigenvalue weighted by atomic mass is 16.5. The van der Waals surface area contributed by atoms with E-state index in [1.165, 1.54) is 17.0 Å². The highest BCUT2D eigenvalue weighted by Crippen LogP contribution is 2.17. The van der Waals surface area contributed by atoms with Crippen LogP contribution < -0.4 is 15.0 Å². The molecule has 0 fully saturated rings. The van der Waals surface area contributed by atoms with Crippen LogP contribution in [0.5, 0.6) is 11.5 Å². The molecule has 0 spiro atoms. The maximum absolute atomic E-state index is 11.9. The first-order valence-electron chi connectivity index (χ1n) is 6.15. The Morgan fingerprint density at radius 3 is 2.45 bits per heavy atom. The first-order chi connectivity index (χ1) is 9.66. The molecule has 2 aromatic carbocycles. The van der Waals surface area contributed by atoms with Crippen molar-refractivity contribution in [1.82, 2.24) is 5.32 Å². The van der Waals surface area contributed by atoms with Crippen molar-refractivity contribution in [2.75, 3.05) is 18.7 Å². The first-order valence-corrected chi connectivity index (χ1v) is 6.15. The minimum atomic E-state index is -0.286. The molecular formula is C15H16N2O3. The van der Waals surface area contributed by atoms with Gasteiger partial charge in [0.15, 0.2) is 6.73 Å². The summed E-state index contributed by atoms with van der Waals surface area (Å²) < 4.78 is 5.38. The van der Waals surface area contributed by atoms with E-state index >= 15 is 0 Å².